The lowest BCUT2D eigenvalue weighted by Crippen LogP contribution is -2.12. The number of aromatic nitrogens is 2. The number of pyridine rings is 2. The van der Waals surface area contributed by atoms with Crippen molar-refractivity contribution in [2.75, 3.05) is 5.32 Å². The normalized spacial score (nSPS) is 11.7. The van der Waals surface area contributed by atoms with Gasteiger partial charge in [-0.1, -0.05) is 23.2 Å². The molecule has 39 heavy (non-hydrogen) atoms. The number of benzene rings is 2. The van der Waals surface area contributed by atoms with Gasteiger partial charge in [0.2, 0.25) is 11.8 Å². The third-order valence-corrected chi connectivity index (χ3v) is 5.53. The molecule has 2 aromatic heterocycles. The number of anilines is 1. The van der Waals surface area contributed by atoms with Crippen LogP contribution in [0.25, 0.3) is 0 Å². The number of hydrogen-bond donors (Lipinski definition) is 1. The van der Waals surface area contributed by atoms with E-state index < -0.39 is 29.4 Å². The predicted octanol–water partition coefficient (Wildman–Crippen LogP) is 8.66. The number of hydrogen-bond acceptors (Lipinski definition) is 5. The van der Waals surface area contributed by atoms with Gasteiger partial charge >= 0.3 is 12.4 Å². The molecule has 0 aliphatic carbocycles. The second kappa shape index (κ2) is 11.0. The van der Waals surface area contributed by atoms with Gasteiger partial charge in [0.1, 0.15) is 11.5 Å². The molecule has 0 spiro atoms. The summed E-state index contributed by atoms with van der Waals surface area (Å²) in [6.07, 6.45) is -7.84. The van der Waals surface area contributed by atoms with Crippen molar-refractivity contribution in [3.63, 3.8) is 0 Å². The molecule has 14 heteroatoms. The van der Waals surface area contributed by atoms with Crippen LogP contribution in [-0.2, 0) is 12.4 Å². The first-order valence-corrected chi connectivity index (χ1v) is 11.4. The minimum Gasteiger partial charge on any atom is -0.437 e. The van der Waals surface area contributed by atoms with Gasteiger partial charge < -0.3 is 14.8 Å². The van der Waals surface area contributed by atoms with Crippen LogP contribution in [0.1, 0.15) is 21.5 Å². The monoisotopic (exact) mass is 587 g/mol. The second-order valence-electron chi connectivity index (χ2n) is 7.71. The Morgan fingerprint density at radius 2 is 1.18 bits per heavy atom. The molecule has 0 aliphatic heterocycles. The third-order valence-electron chi connectivity index (χ3n) is 4.94. The Hall–Kier alpha value is -4.03. The van der Waals surface area contributed by atoms with E-state index in [1.54, 1.807) is 0 Å². The highest BCUT2D eigenvalue weighted by atomic mass is 35.5. The van der Waals surface area contributed by atoms with E-state index in [9.17, 15) is 31.1 Å². The van der Waals surface area contributed by atoms with Crippen molar-refractivity contribution in [2.45, 2.75) is 12.4 Å². The van der Waals surface area contributed by atoms with Gasteiger partial charge in [0.15, 0.2) is 0 Å². The van der Waals surface area contributed by atoms with Gasteiger partial charge in [0.05, 0.1) is 21.2 Å². The van der Waals surface area contributed by atoms with E-state index in [4.69, 9.17) is 32.7 Å². The molecule has 4 rings (SSSR count). The summed E-state index contributed by atoms with van der Waals surface area (Å²) in [6.45, 7) is 0. The maximum Gasteiger partial charge on any atom is 0.417 e. The van der Waals surface area contributed by atoms with Crippen molar-refractivity contribution in [1.29, 1.82) is 0 Å². The largest absolute Gasteiger partial charge is 0.437 e. The maximum atomic E-state index is 12.7. The summed E-state index contributed by atoms with van der Waals surface area (Å²) in [6, 6.07) is 11.9. The molecule has 2 aromatic carbocycles. The van der Waals surface area contributed by atoms with Crippen molar-refractivity contribution in [3.8, 4) is 23.3 Å². The minimum absolute atomic E-state index is 0.00447. The molecule has 2 heterocycles. The Balaban J connectivity index is 1.40. The smallest absolute Gasteiger partial charge is 0.417 e. The highest BCUT2D eigenvalue weighted by Gasteiger charge is 2.31. The number of amides is 1. The van der Waals surface area contributed by atoms with E-state index in [0.717, 1.165) is 24.3 Å². The van der Waals surface area contributed by atoms with E-state index in [0.29, 0.717) is 12.4 Å². The van der Waals surface area contributed by atoms with Crippen LogP contribution in [0.3, 0.4) is 0 Å². The quantitative estimate of drug-likeness (QED) is 0.228. The van der Waals surface area contributed by atoms with Crippen molar-refractivity contribution < 1.29 is 40.6 Å². The lowest BCUT2D eigenvalue weighted by Gasteiger charge is -2.12. The van der Waals surface area contributed by atoms with Gasteiger partial charge in [-0.2, -0.15) is 26.3 Å². The summed E-state index contributed by atoms with van der Waals surface area (Å²) in [5.41, 5.74) is -1.49. The van der Waals surface area contributed by atoms with Crippen molar-refractivity contribution in [2.24, 2.45) is 0 Å². The van der Waals surface area contributed by atoms with Gasteiger partial charge in [-0.3, -0.25) is 4.79 Å². The first-order chi connectivity index (χ1) is 18.3. The number of alkyl halides is 6. The minimum atomic E-state index is -4.54. The molecule has 1 amide bonds. The first-order valence-electron chi connectivity index (χ1n) is 10.6. The Morgan fingerprint density at radius 3 is 1.59 bits per heavy atom. The summed E-state index contributed by atoms with van der Waals surface area (Å²) in [5, 5.41) is 2.63. The summed E-state index contributed by atoms with van der Waals surface area (Å²) in [7, 11) is 0. The van der Waals surface area contributed by atoms with Crippen LogP contribution < -0.4 is 14.8 Å². The molecule has 0 unspecified atom stereocenters. The van der Waals surface area contributed by atoms with Gasteiger partial charge in [0.25, 0.3) is 5.91 Å². The summed E-state index contributed by atoms with van der Waals surface area (Å²) in [5.74, 6) is -0.689. The van der Waals surface area contributed by atoms with E-state index in [1.807, 2.05) is 0 Å². The molecule has 0 fully saturated rings. The number of nitrogens with zero attached hydrogens (tertiary/aromatic N) is 2. The number of rotatable bonds is 6. The molecule has 0 aliphatic rings. The Morgan fingerprint density at radius 1 is 0.692 bits per heavy atom. The number of ether oxygens (including phenoxy) is 2. The van der Waals surface area contributed by atoms with Gasteiger partial charge in [0, 0.05) is 35.8 Å². The van der Waals surface area contributed by atoms with Crippen LogP contribution in [0, 0.1) is 0 Å². The van der Waals surface area contributed by atoms with Crippen LogP contribution in [0.5, 0.6) is 23.3 Å². The Labute approximate surface area is 226 Å². The van der Waals surface area contributed by atoms with Crippen molar-refractivity contribution in [3.05, 3.63) is 99.8 Å². The Bertz CT molecular complexity index is 1500. The molecular formula is C25H13Cl2F6N3O3. The van der Waals surface area contributed by atoms with Gasteiger partial charge in [-0.25, -0.2) is 9.97 Å². The number of nitrogens with one attached hydrogen (secondary N) is 1. The molecule has 0 saturated carbocycles. The Kier molecular flexibility index (Phi) is 7.89. The molecule has 0 atom stereocenters. The molecule has 6 nitrogen and oxygen atoms in total. The van der Waals surface area contributed by atoms with Crippen molar-refractivity contribution >= 4 is 34.8 Å². The zero-order valence-corrected chi connectivity index (χ0v) is 20.6. The zero-order valence-electron chi connectivity index (χ0n) is 19.1. The van der Waals surface area contributed by atoms with Crippen molar-refractivity contribution in [1.82, 2.24) is 9.97 Å². The lowest BCUT2D eigenvalue weighted by atomic mass is 10.2. The summed E-state index contributed by atoms with van der Waals surface area (Å²) in [4.78, 5) is 19.9. The third kappa shape index (κ3) is 7.09. The highest BCUT2D eigenvalue weighted by Crippen LogP contribution is 2.35. The molecule has 0 bridgehead atoms. The van der Waals surface area contributed by atoms with Crippen LogP contribution in [0.4, 0.5) is 32.0 Å². The maximum absolute atomic E-state index is 12.7. The number of carbonyl (C=O) groups is 1. The van der Waals surface area contributed by atoms with Gasteiger partial charge in [-0.15, -0.1) is 0 Å². The fourth-order valence-electron chi connectivity index (χ4n) is 3.03. The molecule has 202 valence electrons. The first kappa shape index (κ1) is 28.0. The number of halogens is 8. The van der Waals surface area contributed by atoms with E-state index in [-0.39, 0.29) is 44.6 Å². The van der Waals surface area contributed by atoms with Crippen LogP contribution in [0.2, 0.25) is 10.0 Å². The van der Waals surface area contributed by atoms with Crippen LogP contribution >= 0.6 is 23.2 Å². The fourth-order valence-corrected chi connectivity index (χ4v) is 3.47. The average Bonchev–Trinajstić information content (AvgIpc) is 2.86. The number of carbonyl (C=O) groups excluding carboxylic acids is 1. The standard InChI is InChI=1S/C25H13Cl2F6N3O3/c26-17-9-13(1-5-19(17)38-21-7-2-14(11-34-21)24(28,29)30)23(37)36-16-4-6-20(18(27)10-16)39-22-8-3-15(12-35-22)25(31,32)33/h1-12H,(H,36,37). The second-order valence-corrected chi connectivity index (χ2v) is 8.53. The molecule has 1 N–H and O–H groups in total. The molecular weight excluding hydrogens is 575 g/mol. The molecule has 0 radical (unpaired) electrons. The highest BCUT2D eigenvalue weighted by molar-refractivity contribution is 6.33. The van der Waals surface area contributed by atoms with Crippen LogP contribution in [-0.4, -0.2) is 15.9 Å². The van der Waals surface area contributed by atoms with E-state index >= 15 is 0 Å². The lowest BCUT2D eigenvalue weighted by molar-refractivity contribution is -0.138. The zero-order chi connectivity index (χ0) is 28.4. The van der Waals surface area contributed by atoms with Gasteiger partial charge in [-0.05, 0) is 48.5 Å². The van der Waals surface area contributed by atoms with E-state index in [1.165, 1.54) is 36.4 Å². The fraction of sp³-hybridized carbons (Fsp3) is 0.0800. The molecule has 0 saturated heterocycles. The average molecular weight is 588 g/mol. The van der Waals surface area contributed by atoms with Crippen LogP contribution in [0.15, 0.2) is 73.1 Å². The van der Waals surface area contributed by atoms with E-state index in [2.05, 4.69) is 15.3 Å². The summed E-state index contributed by atoms with van der Waals surface area (Å²) >= 11 is 12.3. The SMILES string of the molecule is O=C(Nc1ccc(Oc2ccc(C(F)(F)F)cn2)c(Cl)c1)c1ccc(Oc2ccc(C(F)(F)F)cn2)c(Cl)c1. The predicted molar refractivity (Wildman–Crippen MR) is 129 cm³/mol. The molecule has 4 aromatic rings. The summed E-state index contributed by atoms with van der Waals surface area (Å²) < 4.78 is 86.8. The topological polar surface area (TPSA) is 73.3 Å².